The first-order chi connectivity index (χ1) is 7.10. The van der Waals surface area contributed by atoms with Gasteiger partial charge in [0.15, 0.2) is 0 Å². The number of aliphatic hydroxyl groups excluding tert-OH is 1. The summed E-state index contributed by atoms with van der Waals surface area (Å²) in [5, 5.41) is 12.5. The van der Waals surface area contributed by atoms with Gasteiger partial charge in [0.1, 0.15) is 12.2 Å². The lowest BCUT2D eigenvalue weighted by molar-refractivity contribution is -0.161. The van der Waals surface area contributed by atoms with Gasteiger partial charge in [-0.1, -0.05) is 0 Å². The molecule has 0 aliphatic carbocycles. The molecule has 1 amide bonds. The van der Waals surface area contributed by atoms with E-state index >= 15 is 0 Å². The summed E-state index contributed by atoms with van der Waals surface area (Å²) in [4.78, 5) is 10.9. The average molecular weight is 218 g/mol. The van der Waals surface area contributed by atoms with E-state index in [1.165, 1.54) is 14.0 Å². The maximum atomic E-state index is 10.9. The topological polar surface area (TPSA) is 93.8 Å². The molecule has 6 heteroatoms. The second-order valence-corrected chi connectivity index (χ2v) is 3.61. The Labute approximate surface area is 88.7 Å². The minimum absolute atomic E-state index is 0.205. The van der Waals surface area contributed by atoms with Gasteiger partial charge in [0.25, 0.3) is 0 Å². The number of rotatable bonds is 3. The van der Waals surface area contributed by atoms with E-state index in [0.717, 1.165) is 0 Å². The van der Waals surface area contributed by atoms with E-state index in [1.54, 1.807) is 0 Å². The Bertz CT molecular complexity index is 224. The number of nitrogens with two attached hydrogens (primary N) is 1. The van der Waals surface area contributed by atoms with Crippen LogP contribution >= 0.6 is 0 Å². The fraction of sp³-hybridized carbons (Fsp3) is 0.889. The van der Waals surface area contributed by atoms with Crippen LogP contribution in [0.1, 0.15) is 6.92 Å². The number of aliphatic hydroxyl groups is 1. The summed E-state index contributed by atoms with van der Waals surface area (Å²) in [5.74, 6) is -0.205. The summed E-state index contributed by atoms with van der Waals surface area (Å²) in [6.07, 6.45) is -1.61. The Morgan fingerprint density at radius 1 is 1.73 bits per heavy atom. The van der Waals surface area contributed by atoms with Crippen molar-refractivity contribution in [3.05, 3.63) is 0 Å². The molecule has 0 aromatic rings. The highest BCUT2D eigenvalue weighted by molar-refractivity contribution is 5.73. The van der Waals surface area contributed by atoms with Crippen LogP contribution < -0.4 is 11.1 Å². The molecule has 0 saturated carbocycles. The van der Waals surface area contributed by atoms with Crippen LogP contribution in [0.25, 0.3) is 0 Å². The summed E-state index contributed by atoms with van der Waals surface area (Å²) in [6, 6.07) is -0.435. The van der Waals surface area contributed by atoms with Gasteiger partial charge in [-0.2, -0.15) is 0 Å². The zero-order valence-electron chi connectivity index (χ0n) is 8.97. The smallest absolute Gasteiger partial charge is 0.217 e. The molecule has 6 nitrogen and oxygen atoms in total. The molecule has 0 aromatic heterocycles. The molecule has 4 N–H and O–H groups in total. The molecule has 0 bridgehead atoms. The predicted octanol–water partition coefficient (Wildman–Crippen LogP) is -1.78. The molecule has 1 saturated heterocycles. The van der Waals surface area contributed by atoms with Crippen molar-refractivity contribution in [2.45, 2.75) is 31.3 Å². The lowest BCUT2D eigenvalue weighted by atomic mass is 9.98. The summed E-state index contributed by atoms with van der Waals surface area (Å²) in [7, 11) is 1.48. The van der Waals surface area contributed by atoms with Crippen molar-refractivity contribution in [2.75, 3.05) is 20.3 Å². The first-order valence-corrected chi connectivity index (χ1v) is 4.89. The van der Waals surface area contributed by atoms with Crippen molar-refractivity contribution in [2.24, 2.45) is 5.73 Å². The molecular weight excluding hydrogens is 200 g/mol. The lowest BCUT2D eigenvalue weighted by Gasteiger charge is -2.39. The molecule has 1 fully saturated rings. The van der Waals surface area contributed by atoms with Crippen LogP contribution in [0, 0.1) is 0 Å². The molecule has 0 radical (unpaired) electrons. The van der Waals surface area contributed by atoms with Crippen molar-refractivity contribution in [3.8, 4) is 0 Å². The first kappa shape index (κ1) is 12.4. The molecular formula is C9H18N2O4. The monoisotopic (exact) mass is 218 g/mol. The standard InChI is InChI=1S/C9H18N2O4/c1-5(12)11-6-4-15-7(3-10)9(14-2)8(6)13/h6-9,13H,3-4,10H2,1-2H3,(H,11,12). The SMILES string of the molecule is COC1C(CN)OCC(NC(C)=O)C1O. The van der Waals surface area contributed by atoms with Crippen LogP contribution in [-0.4, -0.2) is 55.6 Å². The number of nitrogens with one attached hydrogen (secondary N) is 1. The summed E-state index contributed by atoms with van der Waals surface area (Å²) < 4.78 is 10.5. The van der Waals surface area contributed by atoms with Crippen LogP contribution in [-0.2, 0) is 14.3 Å². The summed E-state index contributed by atoms with van der Waals surface area (Å²) in [6.45, 7) is 1.92. The third-order valence-electron chi connectivity index (χ3n) is 2.50. The van der Waals surface area contributed by atoms with Crippen LogP contribution in [0.4, 0.5) is 0 Å². The third-order valence-corrected chi connectivity index (χ3v) is 2.50. The number of amides is 1. The predicted molar refractivity (Wildman–Crippen MR) is 53.2 cm³/mol. The number of methoxy groups -OCH3 is 1. The Balaban J connectivity index is 2.62. The maximum Gasteiger partial charge on any atom is 0.217 e. The zero-order valence-corrected chi connectivity index (χ0v) is 8.97. The van der Waals surface area contributed by atoms with Gasteiger partial charge in [-0.25, -0.2) is 0 Å². The van der Waals surface area contributed by atoms with Crippen molar-refractivity contribution < 1.29 is 19.4 Å². The van der Waals surface area contributed by atoms with E-state index in [-0.39, 0.29) is 25.2 Å². The largest absolute Gasteiger partial charge is 0.388 e. The van der Waals surface area contributed by atoms with E-state index in [0.29, 0.717) is 0 Å². The quantitative estimate of drug-likeness (QED) is 0.521. The molecule has 1 heterocycles. The molecule has 15 heavy (non-hydrogen) atoms. The van der Waals surface area contributed by atoms with E-state index in [2.05, 4.69) is 5.32 Å². The van der Waals surface area contributed by atoms with Gasteiger partial charge in [0, 0.05) is 20.6 Å². The minimum Gasteiger partial charge on any atom is -0.388 e. The van der Waals surface area contributed by atoms with Gasteiger partial charge in [-0.05, 0) is 0 Å². The van der Waals surface area contributed by atoms with Crippen LogP contribution in [0.3, 0.4) is 0 Å². The van der Waals surface area contributed by atoms with Crippen LogP contribution in [0.15, 0.2) is 0 Å². The fourth-order valence-corrected chi connectivity index (χ4v) is 1.75. The van der Waals surface area contributed by atoms with E-state index in [1.807, 2.05) is 0 Å². The Morgan fingerprint density at radius 2 is 2.40 bits per heavy atom. The minimum atomic E-state index is -0.791. The Hall–Kier alpha value is -0.690. The highest BCUT2D eigenvalue weighted by atomic mass is 16.5. The molecule has 88 valence electrons. The molecule has 0 aromatic carbocycles. The van der Waals surface area contributed by atoms with Crippen molar-refractivity contribution in [3.63, 3.8) is 0 Å². The van der Waals surface area contributed by atoms with Gasteiger partial charge in [0.2, 0.25) is 5.91 Å². The molecule has 1 aliphatic rings. The number of hydrogen-bond acceptors (Lipinski definition) is 5. The lowest BCUT2D eigenvalue weighted by Crippen LogP contribution is -2.60. The number of carbonyl (C=O) groups is 1. The summed E-state index contributed by atoms with van der Waals surface area (Å²) >= 11 is 0. The van der Waals surface area contributed by atoms with E-state index < -0.39 is 18.2 Å². The molecule has 1 rings (SSSR count). The van der Waals surface area contributed by atoms with Crippen LogP contribution in [0.2, 0.25) is 0 Å². The first-order valence-electron chi connectivity index (χ1n) is 4.89. The van der Waals surface area contributed by atoms with Gasteiger partial charge in [-0.3, -0.25) is 4.79 Å². The van der Waals surface area contributed by atoms with Crippen LogP contribution in [0.5, 0.6) is 0 Å². The van der Waals surface area contributed by atoms with Gasteiger partial charge >= 0.3 is 0 Å². The Kier molecular flexibility index (Phi) is 4.46. The average Bonchev–Trinajstić information content (AvgIpc) is 2.20. The second-order valence-electron chi connectivity index (χ2n) is 3.61. The molecule has 1 aliphatic heterocycles. The molecule has 4 unspecified atom stereocenters. The number of hydrogen-bond donors (Lipinski definition) is 3. The van der Waals surface area contributed by atoms with Crippen molar-refractivity contribution in [1.29, 1.82) is 0 Å². The maximum absolute atomic E-state index is 10.9. The Morgan fingerprint density at radius 3 is 2.87 bits per heavy atom. The second kappa shape index (κ2) is 5.41. The van der Waals surface area contributed by atoms with E-state index in [9.17, 15) is 9.90 Å². The highest BCUT2D eigenvalue weighted by Gasteiger charge is 2.39. The van der Waals surface area contributed by atoms with Crippen molar-refractivity contribution >= 4 is 5.91 Å². The van der Waals surface area contributed by atoms with Gasteiger partial charge in [-0.15, -0.1) is 0 Å². The van der Waals surface area contributed by atoms with E-state index in [4.69, 9.17) is 15.2 Å². The highest BCUT2D eigenvalue weighted by Crippen LogP contribution is 2.17. The third kappa shape index (κ3) is 2.88. The zero-order chi connectivity index (χ0) is 11.4. The fourth-order valence-electron chi connectivity index (χ4n) is 1.75. The van der Waals surface area contributed by atoms with Gasteiger partial charge < -0.3 is 25.6 Å². The van der Waals surface area contributed by atoms with Gasteiger partial charge in [0.05, 0.1) is 18.8 Å². The molecule has 0 spiro atoms. The number of ether oxygens (including phenoxy) is 2. The summed E-state index contributed by atoms with van der Waals surface area (Å²) in [5.41, 5.74) is 5.47. The normalized spacial score (nSPS) is 36.3. The van der Waals surface area contributed by atoms with Crippen molar-refractivity contribution in [1.82, 2.24) is 5.32 Å². The number of carbonyl (C=O) groups excluding carboxylic acids is 1. The molecule has 4 atom stereocenters.